The van der Waals surface area contributed by atoms with Crippen LogP contribution in [0.1, 0.15) is 34.6 Å². The Morgan fingerprint density at radius 3 is 2.90 bits per heavy atom. The van der Waals surface area contributed by atoms with Gasteiger partial charge in [-0.25, -0.2) is 9.78 Å². The Bertz CT molecular complexity index is 657. The molecule has 110 valence electrons. The molecule has 7 nitrogen and oxygen atoms in total. The van der Waals surface area contributed by atoms with Gasteiger partial charge in [-0.05, 0) is 17.9 Å². The molecule has 2 rings (SSSR count). The molecule has 0 radical (unpaired) electrons. The van der Waals surface area contributed by atoms with Crippen molar-refractivity contribution in [2.75, 3.05) is 5.32 Å². The maximum Gasteiger partial charge on any atom is 0.342 e. The van der Waals surface area contributed by atoms with Gasteiger partial charge in [0.25, 0.3) is 0 Å². The number of hydrogen-bond acceptors (Lipinski definition) is 6. The summed E-state index contributed by atoms with van der Waals surface area (Å²) in [6.45, 7) is 1.99. The Morgan fingerprint density at radius 1 is 1.62 bits per heavy atom. The van der Waals surface area contributed by atoms with E-state index in [-0.39, 0.29) is 11.6 Å². The second kappa shape index (κ2) is 6.31. The molecule has 0 spiro atoms. The smallest absolute Gasteiger partial charge is 0.342 e. The molecule has 0 aliphatic heterocycles. The van der Waals surface area contributed by atoms with E-state index in [9.17, 15) is 14.9 Å². The Morgan fingerprint density at radius 2 is 2.38 bits per heavy atom. The first-order chi connectivity index (χ1) is 10.0. The number of aromatic nitrogens is 1. The number of carboxylic acids is 1. The van der Waals surface area contributed by atoms with E-state index in [2.05, 4.69) is 10.3 Å². The van der Waals surface area contributed by atoms with Gasteiger partial charge in [-0.2, -0.15) is 0 Å². The Hall–Kier alpha value is -2.48. The molecule has 0 bridgehead atoms. The molecule has 0 saturated carbocycles. The molecule has 0 aromatic carbocycles. The minimum atomic E-state index is -1.35. The van der Waals surface area contributed by atoms with Gasteiger partial charge in [0.15, 0.2) is 0 Å². The van der Waals surface area contributed by atoms with E-state index in [4.69, 9.17) is 5.11 Å². The monoisotopic (exact) mass is 307 g/mol. The van der Waals surface area contributed by atoms with Crippen LogP contribution in [0.4, 0.5) is 11.5 Å². The fourth-order valence-electron chi connectivity index (χ4n) is 1.89. The van der Waals surface area contributed by atoms with Crippen molar-refractivity contribution in [1.82, 2.24) is 4.98 Å². The topological polar surface area (TPSA) is 105 Å². The third-order valence-electron chi connectivity index (χ3n) is 2.93. The summed E-state index contributed by atoms with van der Waals surface area (Å²) in [5, 5.41) is 24.9. The second-order valence-electron chi connectivity index (χ2n) is 4.27. The molecule has 0 fully saturated rings. The van der Waals surface area contributed by atoms with Crippen molar-refractivity contribution >= 4 is 28.8 Å². The molecular formula is C13H13N3O4S. The average molecular weight is 307 g/mol. The van der Waals surface area contributed by atoms with Crippen LogP contribution in [0.3, 0.4) is 0 Å². The number of thiophene rings is 1. The summed E-state index contributed by atoms with van der Waals surface area (Å²) in [6.07, 6.45) is 1.74. The van der Waals surface area contributed by atoms with E-state index in [1.807, 2.05) is 24.4 Å². The van der Waals surface area contributed by atoms with Crippen molar-refractivity contribution in [2.45, 2.75) is 19.4 Å². The lowest BCUT2D eigenvalue weighted by atomic mass is 10.1. The Kier molecular flexibility index (Phi) is 4.49. The molecule has 0 saturated heterocycles. The lowest BCUT2D eigenvalue weighted by Gasteiger charge is -2.16. The van der Waals surface area contributed by atoms with Crippen LogP contribution in [0.2, 0.25) is 0 Å². The van der Waals surface area contributed by atoms with E-state index in [1.54, 1.807) is 11.3 Å². The van der Waals surface area contributed by atoms with Crippen LogP contribution in [0, 0.1) is 10.1 Å². The lowest BCUT2D eigenvalue weighted by Crippen LogP contribution is -2.11. The van der Waals surface area contributed by atoms with Crippen molar-refractivity contribution in [1.29, 1.82) is 0 Å². The predicted molar refractivity (Wildman–Crippen MR) is 78.8 cm³/mol. The third kappa shape index (κ3) is 3.34. The second-order valence-corrected chi connectivity index (χ2v) is 5.25. The van der Waals surface area contributed by atoms with Crippen molar-refractivity contribution in [2.24, 2.45) is 0 Å². The number of hydrogen-bond donors (Lipinski definition) is 2. The van der Waals surface area contributed by atoms with Gasteiger partial charge >= 0.3 is 11.7 Å². The molecule has 1 unspecified atom stereocenters. The number of aromatic carboxylic acids is 1. The van der Waals surface area contributed by atoms with Crippen LogP contribution in [0.5, 0.6) is 0 Å². The SMILES string of the molecule is CCC(Nc1cc(C(=O)O)c([N+](=O)[O-])cn1)c1cccs1. The van der Waals surface area contributed by atoms with Crippen LogP contribution in [-0.4, -0.2) is 21.0 Å². The van der Waals surface area contributed by atoms with Crippen LogP contribution >= 0.6 is 11.3 Å². The van der Waals surface area contributed by atoms with Gasteiger partial charge in [0.05, 0.1) is 11.0 Å². The number of carboxylic acid groups (broad SMARTS) is 1. The number of nitrogens with one attached hydrogen (secondary N) is 1. The van der Waals surface area contributed by atoms with E-state index < -0.39 is 16.6 Å². The number of nitro groups is 1. The molecule has 0 amide bonds. The Labute approximate surface area is 124 Å². The van der Waals surface area contributed by atoms with Crippen LogP contribution in [-0.2, 0) is 0 Å². The highest BCUT2D eigenvalue weighted by molar-refractivity contribution is 7.10. The number of anilines is 1. The first-order valence-corrected chi connectivity index (χ1v) is 7.08. The summed E-state index contributed by atoms with van der Waals surface area (Å²) in [7, 11) is 0. The van der Waals surface area contributed by atoms with E-state index >= 15 is 0 Å². The van der Waals surface area contributed by atoms with Crippen molar-refractivity contribution in [3.63, 3.8) is 0 Å². The first-order valence-electron chi connectivity index (χ1n) is 6.20. The van der Waals surface area contributed by atoms with Crippen molar-refractivity contribution in [3.8, 4) is 0 Å². The molecule has 2 aromatic rings. The first kappa shape index (κ1) is 14.9. The summed E-state index contributed by atoms with van der Waals surface area (Å²) in [5.74, 6) is -1.05. The summed E-state index contributed by atoms with van der Waals surface area (Å²) in [4.78, 5) is 26.2. The van der Waals surface area contributed by atoms with Gasteiger partial charge in [-0.3, -0.25) is 10.1 Å². The quantitative estimate of drug-likeness (QED) is 0.626. The zero-order valence-electron chi connectivity index (χ0n) is 11.1. The van der Waals surface area contributed by atoms with Crippen LogP contribution in [0.15, 0.2) is 29.8 Å². The molecular weight excluding hydrogens is 294 g/mol. The third-order valence-corrected chi connectivity index (χ3v) is 3.91. The van der Waals surface area contributed by atoms with Gasteiger partial charge in [0.2, 0.25) is 0 Å². The standard InChI is InChI=1S/C13H13N3O4S/c1-2-9(11-4-3-5-21-11)15-12-6-8(13(17)18)10(7-14-12)16(19)20/h3-7,9H,2H2,1H3,(H,14,15)(H,17,18). The summed E-state index contributed by atoms with van der Waals surface area (Å²) < 4.78 is 0. The van der Waals surface area contributed by atoms with Crippen LogP contribution in [0.25, 0.3) is 0 Å². The van der Waals surface area contributed by atoms with E-state index in [0.717, 1.165) is 17.5 Å². The Balaban J connectivity index is 2.30. The maximum absolute atomic E-state index is 11.1. The molecule has 2 N–H and O–H groups in total. The maximum atomic E-state index is 11.1. The fourth-order valence-corrected chi connectivity index (χ4v) is 2.75. The summed E-state index contributed by atoms with van der Waals surface area (Å²) >= 11 is 1.58. The molecule has 2 aromatic heterocycles. The largest absolute Gasteiger partial charge is 0.477 e. The normalized spacial score (nSPS) is 11.9. The molecule has 1 atom stereocenters. The number of nitrogens with zero attached hydrogens (tertiary/aromatic N) is 2. The van der Waals surface area contributed by atoms with Crippen molar-refractivity contribution in [3.05, 3.63) is 50.3 Å². The van der Waals surface area contributed by atoms with Crippen LogP contribution < -0.4 is 5.32 Å². The van der Waals surface area contributed by atoms with Gasteiger partial charge < -0.3 is 10.4 Å². The highest BCUT2D eigenvalue weighted by atomic mass is 32.1. The molecule has 0 aliphatic rings. The zero-order chi connectivity index (χ0) is 15.4. The highest BCUT2D eigenvalue weighted by Gasteiger charge is 2.22. The number of carbonyl (C=O) groups is 1. The van der Waals surface area contributed by atoms with Gasteiger partial charge in [-0.15, -0.1) is 11.3 Å². The highest BCUT2D eigenvalue weighted by Crippen LogP contribution is 2.27. The minimum absolute atomic E-state index is 0.0133. The summed E-state index contributed by atoms with van der Waals surface area (Å²) in [5.41, 5.74) is -0.893. The average Bonchev–Trinajstić information content (AvgIpc) is 2.98. The lowest BCUT2D eigenvalue weighted by molar-refractivity contribution is -0.385. The number of pyridine rings is 1. The molecule has 8 heteroatoms. The van der Waals surface area contributed by atoms with Gasteiger partial charge in [0, 0.05) is 10.9 Å². The fraction of sp³-hybridized carbons (Fsp3) is 0.231. The number of rotatable bonds is 6. The molecule has 21 heavy (non-hydrogen) atoms. The zero-order valence-corrected chi connectivity index (χ0v) is 12.0. The summed E-state index contributed by atoms with van der Waals surface area (Å²) in [6, 6.07) is 5.07. The predicted octanol–water partition coefficient (Wildman–Crippen LogP) is 3.31. The van der Waals surface area contributed by atoms with E-state index in [1.165, 1.54) is 6.07 Å². The molecule has 0 aliphatic carbocycles. The van der Waals surface area contributed by atoms with Gasteiger partial charge in [0.1, 0.15) is 17.6 Å². The minimum Gasteiger partial charge on any atom is -0.477 e. The van der Waals surface area contributed by atoms with Gasteiger partial charge in [-0.1, -0.05) is 13.0 Å². The molecule has 2 heterocycles. The van der Waals surface area contributed by atoms with Crippen molar-refractivity contribution < 1.29 is 14.8 Å². The van der Waals surface area contributed by atoms with E-state index in [0.29, 0.717) is 5.82 Å².